The standard InChI is InChI=1S/C44H56N2/c1-6-9-12-16-27-40-32-41(33-44(38-25-19-15-20-26-38)42(40)28-21-13-10-7-2)46-45-34(4)29-36-30-39(22-11-8-3)35(5)43(31-36)37-23-17-14-18-24-37/h14-15,17-20,23-26,29-33H,6-13,16,21-22,27-28H2,1-5H3. The summed E-state index contributed by atoms with van der Waals surface area (Å²) in [6.45, 7) is 11.2. The van der Waals surface area contributed by atoms with Gasteiger partial charge in [-0.15, -0.1) is 0 Å². The summed E-state index contributed by atoms with van der Waals surface area (Å²) in [5.41, 5.74) is 14.0. The van der Waals surface area contributed by atoms with Gasteiger partial charge in [0.05, 0.1) is 11.4 Å². The molecule has 4 aromatic rings. The van der Waals surface area contributed by atoms with Crippen LogP contribution in [0.5, 0.6) is 0 Å². The third-order valence-corrected chi connectivity index (χ3v) is 9.11. The van der Waals surface area contributed by atoms with Crippen LogP contribution >= 0.6 is 0 Å². The minimum Gasteiger partial charge on any atom is -0.155 e. The maximum atomic E-state index is 4.87. The van der Waals surface area contributed by atoms with E-state index >= 15 is 0 Å². The van der Waals surface area contributed by atoms with E-state index in [0.717, 1.165) is 30.6 Å². The topological polar surface area (TPSA) is 24.7 Å². The Morgan fingerprint density at radius 2 is 1.17 bits per heavy atom. The number of unbranched alkanes of at least 4 members (excludes halogenated alkanes) is 7. The van der Waals surface area contributed by atoms with E-state index in [1.165, 1.54) is 114 Å². The largest absolute Gasteiger partial charge is 0.155 e. The quantitative estimate of drug-likeness (QED) is 0.0789. The molecule has 242 valence electrons. The molecule has 0 aliphatic carbocycles. The summed E-state index contributed by atoms with van der Waals surface area (Å²) >= 11 is 0. The molecule has 2 nitrogen and oxygen atoms in total. The van der Waals surface area contributed by atoms with E-state index in [1.54, 1.807) is 0 Å². The summed E-state index contributed by atoms with van der Waals surface area (Å²) in [6.07, 6.45) is 18.1. The first-order chi connectivity index (χ1) is 22.5. The fourth-order valence-electron chi connectivity index (χ4n) is 6.47. The molecular formula is C44H56N2. The fourth-order valence-corrected chi connectivity index (χ4v) is 6.47. The normalized spacial score (nSPS) is 11.9. The first kappa shape index (κ1) is 35.1. The molecule has 0 radical (unpaired) electrons. The Morgan fingerprint density at radius 1 is 0.587 bits per heavy atom. The summed E-state index contributed by atoms with van der Waals surface area (Å²) in [5, 5.41) is 9.67. The van der Waals surface area contributed by atoms with Gasteiger partial charge in [0.1, 0.15) is 0 Å². The number of benzene rings is 4. The first-order valence-electron chi connectivity index (χ1n) is 18.0. The van der Waals surface area contributed by atoms with Gasteiger partial charge in [-0.1, -0.05) is 132 Å². The molecule has 0 heterocycles. The predicted octanol–water partition coefficient (Wildman–Crippen LogP) is 14.1. The molecule has 0 aliphatic rings. The lowest BCUT2D eigenvalue weighted by molar-refractivity contribution is 0.651. The van der Waals surface area contributed by atoms with E-state index in [9.17, 15) is 0 Å². The molecule has 46 heavy (non-hydrogen) atoms. The van der Waals surface area contributed by atoms with Crippen molar-refractivity contribution < 1.29 is 0 Å². The van der Waals surface area contributed by atoms with E-state index in [4.69, 9.17) is 10.2 Å². The zero-order valence-corrected chi connectivity index (χ0v) is 29.2. The van der Waals surface area contributed by atoms with Gasteiger partial charge in [0.25, 0.3) is 0 Å². The van der Waals surface area contributed by atoms with E-state index < -0.39 is 0 Å². The molecule has 0 aromatic heterocycles. The second-order valence-electron chi connectivity index (χ2n) is 12.9. The van der Waals surface area contributed by atoms with Gasteiger partial charge >= 0.3 is 0 Å². The maximum Gasteiger partial charge on any atom is 0.0866 e. The van der Waals surface area contributed by atoms with Crippen molar-refractivity contribution in [2.24, 2.45) is 10.2 Å². The highest BCUT2D eigenvalue weighted by atomic mass is 15.1. The Labute approximate surface area is 280 Å². The van der Waals surface area contributed by atoms with Crippen LogP contribution in [0, 0.1) is 6.92 Å². The van der Waals surface area contributed by atoms with Crippen molar-refractivity contribution in [1.82, 2.24) is 0 Å². The van der Waals surface area contributed by atoms with E-state index in [2.05, 4.69) is 126 Å². The zero-order valence-electron chi connectivity index (χ0n) is 29.2. The van der Waals surface area contributed by atoms with Crippen LogP contribution < -0.4 is 0 Å². The van der Waals surface area contributed by atoms with Gasteiger partial charge in [-0.3, -0.25) is 0 Å². The Balaban J connectivity index is 1.70. The summed E-state index contributed by atoms with van der Waals surface area (Å²) in [6, 6.07) is 30.9. The number of hydrogen-bond acceptors (Lipinski definition) is 2. The average Bonchev–Trinajstić information content (AvgIpc) is 3.08. The van der Waals surface area contributed by atoms with Gasteiger partial charge in [-0.05, 0) is 127 Å². The van der Waals surface area contributed by atoms with Gasteiger partial charge in [0.15, 0.2) is 0 Å². The highest BCUT2D eigenvalue weighted by molar-refractivity contribution is 5.74. The number of rotatable bonds is 18. The molecule has 0 saturated carbocycles. The van der Waals surface area contributed by atoms with Crippen molar-refractivity contribution in [3.05, 3.63) is 118 Å². The minimum absolute atomic E-state index is 0.915. The van der Waals surface area contributed by atoms with E-state index in [0.29, 0.717) is 0 Å². The Kier molecular flexibility index (Phi) is 14.5. The molecule has 0 bridgehead atoms. The molecule has 0 saturated heterocycles. The van der Waals surface area contributed by atoms with Gasteiger partial charge in [0, 0.05) is 0 Å². The van der Waals surface area contributed by atoms with E-state index in [1.807, 2.05) is 0 Å². The lowest BCUT2D eigenvalue weighted by Gasteiger charge is -2.17. The molecule has 0 spiro atoms. The van der Waals surface area contributed by atoms with Crippen molar-refractivity contribution >= 4 is 11.8 Å². The van der Waals surface area contributed by atoms with Crippen LogP contribution in [0.25, 0.3) is 28.3 Å². The molecular weight excluding hydrogens is 556 g/mol. The Hall–Kier alpha value is -3.78. The van der Waals surface area contributed by atoms with Crippen LogP contribution in [0.3, 0.4) is 0 Å². The third kappa shape index (κ3) is 10.4. The summed E-state index contributed by atoms with van der Waals surface area (Å²) in [4.78, 5) is 0. The lowest BCUT2D eigenvalue weighted by atomic mass is 9.89. The van der Waals surface area contributed by atoms with Crippen LogP contribution in [0.4, 0.5) is 5.69 Å². The molecule has 4 aromatic carbocycles. The number of nitrogens with zero attached hydrogens (tertiary/aromatic N) is 2. The first-order valence-corrected chi connectivity index (χ1v) is 18.0. The van der Waals surface area contributed by atoms with Gasteiger partial charge < -0.3 is 0 Å². The van der Waals surface area contributed by atoms with Crippen LogP contribution in [-0.2, 0) is 19.3 Å². The van der Waals surface area contributed by atoms with Crippen molar-refractivity contribution in [3.63, 3.8) is 0 Å². The van der Waals surface area contributed by atoms with Gasteiger partial charge in [-0.25, -0.2) is 0 Å². The molecule has 0 fully saturated rings. The average molecular weight is 613 g/mol. The van der Waals surface area contributed by atoms with Crippen LogP contribution in [0.2, 0.25) is 0 Å². The number of azo groups is 1. The molecule has 4 rings (SSSR count). The smallest absolute Gasteiger partial charge is 0.0866 e. The Morgan fingerprint density at radius 3 is 1.80 bits per heavy atom. The van der Waals surface area contributed by atoms with Gasteiger partial charge in [-0.2, -0.15) is 10.2 Å². The van der Waals surface area contributed by atoms with E-state index in [-0.39, 0.29) is 0 Å². The Bertz CT molecular complexity index is 1550. The summed E-state index contributed by atoms with van der Waals surface area (Å²) < 4.78 is 0. The fraction of sp³-hybridized carbons (Fsp3) is 0.409. The number of hydrogen-bond donors (Lipinski definition) is 0. The van der Waals surface area contributed by atoms with Crippen molar-refractivity contribution in [1.29, 1.82) is 0 Å². The molecule has 0 unspecified atom stereocenters. The SMILES string of the molecule is CCCCCCc1cc(N=NC(C)=Cc2cc(CCCC)c(C)c(-c3ccccc3)c2)cc(-c2ccccc2)c1CCCCCC. The minimum atomic E-state index is 0.915. The molecule has 0 atom stereocenters. The van der Waals surface area contributed by atoms with Crippen LogP contribution in [0.15, 0.2) is 101 Å². The van der Waals surface area contributed by atoms with Crippen molar-refractivity contribution in [2.75, 3.05) is 0 Å². The molecule has 2 heteroatoms. The second kappa shape index (κ2) is 19.0. The van der Waals surface area contributed by atoms with Crippen molar-refractivity contribution in [3.8, 4) is 22.3 Å². The number of allylic oxidation sites excluding steroid dienone is 1. The van der Waals surface area contributed by atoms with Crippen LogP contribution in [-0.4, -0.2) is 0 Å². The molecule has 0 amide bonds. The van der Waals surface area contributed by atoms with Crippen LogP contribution in [0.1, 0.15) is 120 Å². The summed E-state index contributed by atoms with van der Waals surface area (Å²) in [5.74, 6) is 0. The number of aryl methyl sites for hydroxylation is 2. The zero-order chi connectivity index (χ0) is 32.6. The van der Waals surface area contributed by atoms with Gasteiger partial charge in [0.2, 0.25) is 0 Å². The summed E-state index contributed by atoms with van der Waals surface area (Å²) in [7, 11) is 0. The molecule has 0 aliphatic heterocycles. The highest BCUT2D eigenvalue weighted by Gasteiger charge is 2.14. The predicted molar refractivity (Wildman–Crippen MR) is 201 cm³/mol. The molecule has 0 N–H and O–H groups in total. The lowest BCUT2D eigenvalue weighted by Crippen LogP contribution is -1.99. The highest BCUT2D eigenvalue weighted by Crippen LogP contribution is 2.35. The monoisotopic (exact) mass is 612 g/mol. The van der Waals surface area contributed by atoms with Crippen molar-refractivity contribution in [2.45, 2.75) is 118 Å². The maximum absolute atomic E-state index is 4.87. The second-order valence-corrected chi connectivity index (χ2v) is 12.9. The third-order valence-electron chi connectivity index (χ3n) is 9.11.